The number of allylic oxidation sites excluding steroid dienone is 6. The number of carbonyl (C=O) groups is 1. The molecule has 2 heterocycles. The van der Waals surface area contributed by atoms with Gasteiger partial charge in [-0.1, -0.05) is 55.2 Å². The second kappa shape index (κ2) is 7.76. The van der Waals surface area contributed by atoms with E-state index in [1.807, 2.05) is 71.4 Å². The van der Waals surface area contributed by atoms with Crippen LogP contribution >= 0.6 is 0 Å². The number of aromatic nitrogens is 2. The average Bonchev–Trinajstić information content (AvgIpc) is 3.22. The molecule has 5 heteroatoms. The van der Waals surface area contributed by atoms with E-state index >= 15 is 0 Å². The number of amides is 1. The fourth-order valence-corrected chi connectivity index (χ4v) is 3.94. The second-order valence-electron chi connectivity index (χ2n) is 7.16. The summed E-state index contributed by atoms with van der Waals surface area (Å²) in [4.78, 5) is 20.0. The molecule has 1 atom stereocenters. The predicted molar refractivity (Wildman–Crippen MR) is 113 cm³/mol. The van der Waals surface area contributed by atoms with Gasteiger partial charge < -0.3 is 9.47 Å². The molecule has 29 heavy (non-hydrogen) atoms. The molecule has 0 saturated carbocycles. The quantitative estimate of drug-likeness (QED) is 0.695. The van der Waals surface area contributed by atoms with Crippen molar-refractivity contribution >= 4 is 16.9 Å². The van der Waals surface area contributed by atoms with Gasteiger partial charge in [-0.15, -0.1) is 0 Å². The van der Waals surface area contributed by atoms with Crippen molar-refractivity contribution in [3.63, 3.8) is 0 Å². The molecule has 2 aromatic rings. The molecule has 1 aliphatic heterocycles. The number of rotatable bonds is 6. The minimum Gasteiger partial charge on any atom is -0.325 e. The van der Waals surface area contributed by atoms with E-state index in [0.717, 1.165) is 22.6 Å². The summed E-state index contributed by atoms with van der Waals surface area (Å²) in [6.45, 7) is 4.64. The summed E-state index contributed by atoms with van der Waals surface area (Å²) in [5.41, 5.74) is 2.05. The molecule has 144 valence electrons. The molecular weight excluding hydrogens is 360 g/mol. The van der Waals surface area contributed by atoms with E-state index in [1.54, 1.807) is 11.0 Å². The highest BCUT2D eigenvalue weighted by atomic mass is 16.2. The number of imidazole rings is 1. The Hall–Kier alpha value is -3.65. The van der Waals surface area contributed by atoms with Gasteiger partial charge in [0.2, 0.25) is 5.91 Å². The Labute approximate surface area is 170 Å². The van der Waals surface area contributed by atoms with Crippen molar-refractivity contribution in [3.05, 3.63) is 91.0 Å². The van der Waals surface area contributed by atoms with Gasteiger partial charge in [-0.25, -0.2) is 4.98 Å². The molecule has 2 aliphatic rings. The van der Waals surface area contributed by atoms with Crippen LogP contribution < -0.4 is 0 Å². The molecule has 5 nitrogen and oxygen atoms in total. The van der Waals surface area contributed by atoms with Gasteiger partial charge in [0.25, 0.3) is 0 Å². The van der Waals surface area contributed by atoms with Gasteiger partial charge in [0.05, 0.1) is 35.5 Å². The van der Waals surface area contributed by atoms with Crippen LogP contribution in [0.4, 0.5) is 0 Å². The molecule has 1 aromatic carbocycles. The minimum absolute atomic E-state index is 0.0423. The van der Waals surface area contributed by atoms with E-state index in [9.17, 15) is 4.79 Å². The van der Waals surface area contributed by atoms with Crippen molar-refractivity contribution in [1.82, 2.24) is 14.5 Å². The summed E-state index contributed by atoms with van der Waals surface area (Å²) in [5.74, 6) is 0.820. The number of hydrogen-bond acceptors (Lipinski definition) is 3. The standard InChI is InChI=1S/C24H22N4O/c1-2-3-10-19-17-24(13-7-4-8-14-24)23(29)28(19)18-22-26-20-11-5-6-12-21(20)27(22)16-9-15-25/h2-8,10-13,17H,1,9,14,16,18H2/b10-3-. The lowest BCUT2D eigenvalue weighted by atomic mass is 9.82. The zero-order valence-corrected chi connectivity index (χ0v) is 16.2. The van der Waals surface area contributed by atoms with Crippen LogP contribution in [0, 0.1) is 16.7 Å². The van der Waals surface area contributed by atoms with Crippen LogP contribution in [0.5, 0.6) is 0 Å². The molecule has 0 radical (unpaired) electrons. The Kier molecular flexibility index (Phi) is 5.01. The maximum absolute atomic E-state index is 13.4. The average molecular weight is 382 g/mol. The van der Waals surface area contributed by atoms with Crippen LogP contribution in [0.15, 0.2) is 85.1 Å². The van der Waals surface area contributed by atoms with Crippen molar-refractivity contribution in [2.24, 2.45) is 5.41 Å². The first kappa shape index (κ1) is 18.7. The van der Waals surface area contributed by atoms with Gasteiger partial charge in [0.15, 0.2) is 0 Å². The monoisotopic (exact) mass is 382 g/mol. The predicted octanol–water partition coefficient (Wildman–Crippen LogP) is 4.42. The van der Waals surface area contributed by atoms with E-state index in [1.165, 1.54) is 0 Å². The smallest absolute Gasteiger partial charge is 0.241 e. The van der Waals surface area contributed by atoms with E-state index < -0.39 is 5.41 Å². The Morgan fingerprint density at radius 3 is 2.93 bits per heavy atom. The SMILES string of the molecule is C=C/C=C\C1=CC2(C=CC=CC2)C(=O)N1Cc1nc2ccccc2n1CCC#N. The third-order valence-electron chi connectivity index (χ3n) is 5.34. The van der Waals surface area contributed by atoms with Crippen LogP contribution in [0.3, 0.4) is 0 Å². The summed E-state index contributed by atoms with van der Waals surface area (Å²) >= 11 is 0. The van der Waals surface area contributed by atoms with Crippen LogP contribution in [0.2, 0.25) is 0 Å². The highest BCUT2D eigenvalue weighted by molar-refractivity contribution is 5.92. The Morgan fingerprint density at radius 1 is 1.31 bits per heavy atom. The molecule has 1 unspecified atom stereocenters. The summed E-state index contributed by atoms with van der Waals surface area (Å²) in [7, 11) is 0. The summed E-state index contributed by atoms with van der Waals surface area (Å²) in [5, 5.41) is 9.07. The summed E-state index contributed by atoms with van der Waals surface area (Å²) in [6.07, 6.45) is 16.4. The third-order valence-corrected chi connectivity index (χ3v) is 5.34. The van der Waals surface area contributed by atoms with Crippen molar-refractivity contribution in [2.75, 3.05) is 0 Å². The third kappa shape index (κ3) is 3.34. The Balaban J connectivity index is 1.73. The first-order valence-electron chi connectivity index (χ1n) is 9.68. The van der Waals surface area contributed by atoms with Gasteiger partial charge in [-0.05, 0) is 30.7 Å². The first-order valence-corrected chi connectivity index (χ1v) is 9.68. The molecule has 0 bridgehead atoms. The molecule has 1 spiro atoms. The van der Waals surface area contributed by atoms with Crippen molar-refractivity contribution in [2.45, 2.75) is 25.9 Å². The fraction of sp³-hybridized carbons (Fsp3) is 0.208. The van der Waals surface area contributed by atoms with E-state index in [4.69, 9.17) is 10.2 Å². The lowest BCUT2D eigenvalue weighted by molar-refractivity contribution is -0.133. The molecular formula is C24H22N4O. The number of nitriles is 1. The summed E-state index contributed by atoms with van der Waals surface area (Å²) in [6, 6.07) is 10.1. The lowest BCUT2D eigenvalue weighted by Crippen LogP contribution is -2.35. The zero-order valence-electron chi connectivity index (χ0n) is 16.2. The number of hydrogen-bond donors (Lipinski definition) is 0. The number of para-hydroxylation sites is 2. The molecule has 0 N–H and O–H groups in total. The van der Waals surface area contributed by atoms with Gasteiger partial charge in [-0.2, -0.15) is 5.26 Å². The largest absolute Gasteiger partial charge is 0.325 e. The van der Waals surface area contributed by atoms with Crippen molar-refractivity contribution in [1.29, 1.82) is 5.26 Å². The molecule has 1 aromatic heterocycles. The van der Waals surface area contributed by atoms with Crippen LogP contribution in [-0.4, -0.2) is 20.4 Å². The van der Waals surface area contributed by atoms with E-state index in [-0.39, 0.29) is 5.91 Å². The molecule has 0 fully saturated rings. The number of nitrogens with zero attached hydrogens (tertiary/aromatic N) is 4. The lowest BCUT2D eigenvalue weighted by Gasteiger charge is -2.26. The van der Waals surface area contributed by atoms with Crippen molar-refractivity contribution in [3.8, 4) is 6.07 Å². The second-order valence-corrected chi connectivity index (χ2v) is 7.16. The highest BCUT2D eigenvalue weighted by Gasteiger charge is 2.44. The Bertz CT molecular complexity index is 1130. The van der Waals surface area contributed by atoms with Gasteiger partial charge in [0.1, 0.15) is 5.82 Å². The van der Waals surface area contributed by atoms with Gasteiger partial charge in [0, 0.05) is 12.2 Å². The zero-order chi connectivity index (χ0) is 20.3. The Morgan fingerprint density at radius 2 is 2.17 bits per heavy atom. The highest BCUT2D eigenvalue weighted by Crippen LogP contribution is 2.41. The first-order chi connectivity index (χ1) is 14.2. The molecule has 4 rings (SSSR count). The fourth-order valence-electron chi connectivity index (χ4n) is 3.94. The van der Waals surface area contributed by atoms with E-state index in [0.29, 0.717) is 25.9 Å². The van der Waals surface area contributed by atoms with Crippen LogP contribution in [0.1, 0.15) is 18.7 Å². The number of fused-ring (bicyclic) bond motifs is 1. The van der Waals surface area contributed by atoms with Crippen LogP contribution in [-0.2, 0) is 17.9 Å². The van der Waals surface area contributed by atoms with Crippen molar-refractivity contribution < 1.29 is 4.79 Å². The minimum atomic E-state index is -0.640. The van der Waals surface area contributed by atoms with E-state index in [2.05, 4.69) is 12.6 Å². The summed E-state index contributed by atoms with van der Waals surface area (Å²) < 4.78 is 2.04. The molecule has 1 amide bonds. The van der Waals surface area contributed by atoms with Gasteiger partial charge >= 0.3 is 0 Å². The number of aryl methyl sites for hydroxylation is 1. The molecule has 0 saturated heterocycles. The maximum atomic E-state index is 13.4. The normalized spacial score (nSPS) is 20.7. The molecule has 1 aliphatic carbocycles. The number of benzene rings is 1. The topological polar surface area (TPSA) is 61.9 Å². The maximum Gasteiger partial charge on any atom is 0.241 e. The van der Waals surface area contributed by atoms with Crippen LogP contribution in [0.25, 0.3) is 11.0 Å². The van der Waals surface area contributed by atoms with Gasteiger partial charge in [-0.3, -0.25) is 4.79 Å². The number of carbonyl (C=O) groups excluding carboxylic acids is 1.